The number of para-hydroxylation sites is 1. The third-order valence-corrected chi connectivity index (χ3v) is 3.15. The van der Waals surface area contributed by atoms with Gasteiger partial charge < -0.3 is 5.73 Å². The Kier molecular flexibility index (Phi) is 2.26. The molecule has 0 atom stereocenters. The van der Waals surface area contributed by atoms with Crippen molar-refractivity contribution >= 4 is 5.91 Å². The van der Waals surface area contributed by atoms with Crippen LogP contribution in [0.25, 0.3) is 5.69 Å². The summed E-state index contributed by atoms with van der Waals surface area (Å²) in [4.78, 5) is 27.6. The van der Waals surface area contributed by atoms with Gasteiger partial charge in [-0.25, -0.2) is 4.98 Å². The molecule has 0 saturated carbocycles. The Bertz CT molecular complexity index is 704. The summed E-state index contributed by atoms with van der Waals surface area (Å²) >= 11 is 0. The van der Waals surface area contributed by atoms with Crippen LogP contribution in [0.5, 0.6) is 0 Å². The molecule has 0 radical (unpaired) electrons. The van der Waals surface area contributed by atoms with Gasteiger partial charge in [-0.15, -0.1) is 0 Å². The first-order valence-corrected chi connectivity index (χ1v) is 5.67. The lowest BCUT2D eigenvalue weighted by Gasteiger charge is -2.20. The number of aryl methyl sites for hydroxylation is 2. The zero-order valence-corrected chi connectivity index (χ0v) is 9.59. The third-order valence-electron chi connectivity index (χ3n) is 3.15. The van der Waals surface area contributed by atoms with Crippen LogP contribution in [0.15, 0.2) is 35.3 Å². The van der Waals surface area contributed by atoms with Gasteiger partial charge in [-0.3, -0.25) is 14.2 Å². The van der Waals surface area contributed by atoms with E-state index in [1.54, 1.807) is 0 Å². The molecule has 1 amide bonds. The van der Waals surface area contributed by atoms with E-state index < -0.39 is 5.91 Å². The van der Waals surface area contributed by atoms with Gasteiger partial charge in [0.15, 0.2) is 0 Å². The Morgan fingerprint density at radius 2 is 2.06 bits per heavy atom. The maximum Gasteiger partial charge on any atom is 0.270 e. The van der Waals surface area contributed by atoms with E-state index in [0.717, 1.165) is 17.7 Å². The highest BCUT2D eigenvalue weighted by molar-refractivity contribution is 5.92. The normalized spacial score (nSPS) is 12.7. The fourth-order valence-corrected chi connectivity index (χ4v) is 2.27. The van der Waals surface area contributed by atoms with E-state index in [0.29, 0.717) is 12.2 Å². The van der Waals surface area contributed by atoms with Crippen LogP contribution in [0.2, 0.25) is 0 Å². The molecule has 0 spiro atoms. The van der Waals surface area contributed by atoms with Crippen LogP contribution in [0.3, 0.4) is 0 Å². The van der Waals surface area contributed by atoms with Crippen LogP contribution in [0.4, 0.5) is 0 Å². The molecule has 18 heavy (non-hydrogen) atoms. The molecule has 1 aliphatic heterocycles. The molecule has 5 heteroatoms. The number of hydrogen-bond donors (Lipinski definition) is 1. The van der Waals surface area contributed by atoms with Crippen LogP contribution in [-0.2, 0) is 12.8 Å². The number of nitrogens with two attached hydrogens (primary N) is 1. The third kappa shape index (κ3) is 1.44. The summed E-state index contributed by atoms with van der Waals surface area (Å²) in [5.41, 5.74) is 6.58. The van der Waals surface area contributed by atoms with Gasteiger partial charge in [0.05, 0.1) is 5.69 Å². The highest BCUT2D eigenvalue weighted by Gasteiger charge is 2.20. The van der Waals surface area contributed by atoms with Gasteiger partial charge in [-0.1, -0.05) is 18.2 Å². The highest BCUT2D eigenvalue weighted by atomic mass is 16.2. The largest absolute Gasteiger partial charge is 0.365 e. The van der Waals surface area contributed by atoms with Crippen molar-refractivity contribution in [1.29, 1.82) is 0 Å². The number of nitrogens with zero attached hydrogens (tertiary/aromatic N) is 2. The quantitative estimate of drug-likeness (QED) is 0.786. The average Bonchev–Trinajstić information content (AvgIpc) is 2.38. The summed E-state index contributed by atoms with van der Waals surface area (Å²) < 4.78 is 1.49. The predicted molar refractivity (Wildman–Crippen MR) is 65.8 cm³/mol. The number of hydrogen-bond acceptors (Lipinski definition) is 3. The molecule has 0 fully saturated rings. The zero-order chi connectivity index (χ0) is 12.7. The second-order valence-electron chi connectivity index (χ2n) is 4.22. The van der Waals surface area contributed by atoms with Gasteiger partial charge in [0.2, 0.25) is 0 Å². The van der Waals surface area contributed by atoms with Crippen molar-refractivity contribution in [3.8, 4) is 5.69 Å². The standard InChI is InChI=1S/C13H11N3O2/c14-12(17)9-7-15-11-6-5-8-3-1-2-4-10(8)16(11)13(9)18/h1-4,7H,5-6H2,(H2,14,17). The Hall–Kier alpha value is -2.43. The number of rotatable bonds is 1. The Morgan fingerprint density at radius 3 is 2.83 bits per heavy atom. The summed E-state index contributed by atoms with van der Waals surface area (Å²) in [5, 5.41) is 0. The Balaban J connectivity index is 2.35. The van der Waals surface area contributed by atoms with E-state index in [4.69, 9.17) is 5.73 Å². The van der Waals surface area contributed by atoms with Gasteiger partial charge >= 0.3 is 0 Å². The topological polar surface area (TPSA) is 78.0 Å². The lowest BCUT2D eigenvalue weighted by molar-refractivity contribution is 0.0998. The predicted octanol–water partition coefficient (Wildman–Crippen LogP) is 0.430. The lowest BCUT2D eigenvalue weighted by Crippen LogP contribution is -2.33. The van der Waals surface area contributed by atoms with Crippen molar-refractivity contribution in [3.05, 3.63) is 57.8 Å². The smallest absolute Gasteiger partial charge is 0.270 e. The molecule has 3 rings (SSSR count). The van der Waals surface area contributed by atoms with Crippen LogP contribution < -0.4 is 11.3 Å². The van der Waals surface area contributed by atoms with E-state index in [9.17, 15) is 9.59 Å². The summed E-state index contributed by atoms with van der Waals surface area (Å²) in [6, 6.07) is 7.62. The van der Waals surface area contributed by atoms with Gasteiger partial charge in [0.25, 0.3) is 11.5 Å². The minimum absolute atomic E-state index is 0.0737. The van der Waals surface area contributed by atoms with Crippen molar-refractivity contribution in [1.82, 2.24) is 9.55 Å². The molecule has 2 N–H and O–H groups in total. The minimum Gasteiger partial charge on any atom is -0.365 e. The Morgan fingerprint density at radius 1 is 1.28 bits per heavy atom. The number of primary amides is 1. The van der Waals surface area contributed by atoms with E-state index in [2.05, 4.69) is 4.98 Å². The second kappa shape index (κ2) is 3.80. The van der Waals surface area contributed by atoms with Crippen molar-refractivity contribution in [2.24, 2.45) is 5.73 Å². The SMILES string of the molecule is NC(=O)c1cnc2n(c1=O)-c1ccccc1CC2. The second-order valence-corrected chi connectivity index (χ2v) is 4.22. The average molecular weight is 241 g/mol. The number of benzene rings is 1. The number of carbonyl (C=O) groups is 1. The Labute approximate surface area is 103 Å². The zero-order valence-electron chi connectivity index (χ0n) is 9.59. The number of amides is 1. The number of aromatic nitrogens is 2. The highest BCUT2D eigenvalue weighted by Crippen LogP contribution is 2.21. The van der Waals surface area contributed by atoms with Crippen LogP contribution in [0.1, 0.15) is 21.7 Å². The molecular weight excluding hydrogens is 230 g/mol. The van der Waals surface area contributed by atoms with Gasteiger partial charge in [-0.05, 0) is 18.1 Å². The molecule has 0 bridgehead atoms. The molecule has 0 aliphatic carbocycles. The van der Waals surface area contributed by atoms with E-state index in [1.165, 1.54) is 10.8 Å². The molecule has 1 aromatic heterocycles. The summed E-state index contributed by atoms with van der Waals surface area (Å²) in [5.74, 6) is -0.0745. The van der Waals surface area contributed by atoms with Crippen molar-refractivity contribution in [2.75, 3.05) is 0 Å². The molecule has 90 valence electrons. The first-order valence-electron chi connectivity index (χ1n) is 5.67. The molecule has 5 nitrogen and oxygen atoms in total. The lowest BCUT2D eigenvalue weighted by atomic mass is 10.0. The maximum atomic E-state index is 12.2. The summed E-state index contributed by atoms with van der Waals surface area (Å²) in [6.07, 6.45) is 2.80. The van der Waals surface area contributed by atoms with Gasteiger partial charge in [0, 0.05) is 12.6 Å². The molecule has 0 saturated heterocycles. The van der Waals surface area contributed by atoms with Crippen LogP contribution >= 0.6 is 0 Å². The molecule has 2 aromatic rings. The summed E-state index contributed by atoms with van der Waals surface area (Å²) in [7, 11) is 0. The summed E-state index contributed by atoms with van der Waals surface area (Å²) in [6.45, 7) is 0. The fourth-order valence-electron chi connectivity index (χ4n) is 2.27. The van der Waals surface area contributed by atoms with E-state index >= 15 is 0 Å². The molecule has 1 aliphatic rings. The fraction of sp³-hybridized carbons (Fsp3) is 0.154. The molecular formula is C13H11N3O2. The molecule has 1 aromatic carbocycles. The van der Waals surface area contributed by atoms with Crippen molar-refractivity contribution in [2.45, 2.75) is 12.8 Å². The van der Waals surface area contributed by atoms with Gasteiger partial charge in [0.1, 0.15) is 11.4 Å². The first kappa shape index (κ1) is 10.7. The molecule has 2 heterocycles. The maximum absolute atomic E-state index is 12.2. The van der Waals surface area contributed by atoms with Crippen molar-refractivity contribution < 1.29 is 4.79 Å². The van der Waals surface area contributed by atoms with Crippen LogP contribution in [0, 0.1) is 0 Å². The monoisotopic (exact) mass is 241 g/mol. The van der Waals surface area contributed by atoms with Gasteiger partial charge in [-0.2, -0.15) is 0 Å². The minimum atomic E-state index is -0.745. The van der Waals surface area contributed by atoms with Crippen LogP contribution in [-0.4, -0.2) is 15.5 Å². The van der Waals surface area contributed by atoms with E-state index in [-0.39, 0.29) is 11.1 Å². The number of fused-ring (bicyclic) bond motifs is 3. The number of carbonyl (C=O) groups excluding carboxylic acids is 1. The van der Waals surface area contributed by atoms with Crippen molar-refractivity contribution in [3.63, 3.8) is 0 Å². The molecule has 0 unspecified atom stereocenters. The first-order chi connectivity index (χ1) is 8.68. The van der Waals surface area contributed by atoms with E-state index in [1.807, 2.05) is 24.3 Å².